The predicted octanol–water partition coefficient (Wildman–Crippen LogP) is 4.17. The lowest BCUT2D eigenvalue weighted by Gasteiger charge is -2.32. The fourth-order valence-corrected chi connectivity index (χ4v) is 3.95. The maximum atomic E-state index is 15.0. The van der Waals surface area contributed by atoms with E-state index in [0.717, 1.165) is 17.7 Å². The van der Waals surface area contributed by atoms with Gasteiger partial charge in [0.25, 0.3) is 0 Å². The summed E-state index contributed by atoms with van der Waals surface area (Å²) in [6.45, 7) is 4.78. The number of fused-ring (bicyclic) bond motifs is 1. The summed E-state index contributed by atoms with van der Waals surface area (Å²) in [4.78, 5) is 20.0. The second-order valence-electron chi connectivity index (χ2n) is 8.38. The Bertz CT molecular complexity index is 1420. The molecule has 1 atom stereocenters. The highest BCUT2D eigenvalue weighted by Crippen LogP contribution is 2.35. The van der Waals surface area contributed by atoms with E-state index in [9.17, 15) is 17.6 Å². The normalized spacial score (nSPS) is 16.8. The summed E-state index contributed by atoms with van der Waals surface area (Å²) < 4.78 is 61.8. The SMILES string of the molecule is Cc1nc2nc(N3CCO[C@H](c4cnn(C)c4)C3)nc(-c3ccc(C(F)(F)F)cc3F)c2nc1C. The maximum Gasteiger partial charge on any atom is 0.416 e. The molecular formula is C23H21F4N7O. The Kier molecular flexibility index (Phi) is 5.62. The zero-order valence-corrected chi connectivity index (χ0v) is 19.1. The fraction of sp³-hybridized carbons (Fsp3) is 0.348. The number of morpholine rings is 1. The Labute approximate surface area is 197 Å². The van der Waals surface area contributed by atoms with E-state index in [2.05, 4.69) is 25.0 Å². The quantitative estimate of drug-likeness (QED) is 0.401. The second kappa shape index (κ2) is 8.52. The molecule has 0 spiro atoms. The molecule has 8 nitrogen and oxygen atoms in total. The molecule has 0 saturated carbocycles. The average Bonchev–Trinajstić information content (AvgIpc) is 3.25. The van der Waals surface area contributed by atoms with Crippen molar-refractivity contribution in [1.29, 1.82) is 0 Å². The molecule has 1 saturated heterocycles. The van der Waals surface area contributed by atoms with Crippen LogP contribution in [0.4, 0.5) is 23.5 Å². The van der Waals surface area contributed by atoms with Gasteiger partial charge in [0.05, 0.1) is 36.3 Å². The lowest BCUT2D eigenvalue weighted by molar-refractivity contribution is -0.137. The van der Waals surface area contributed by atoms with Gasteiger partial charge in [-0.05, 0) is 32.0 Å². The Morgan fingerprint density at radius 3 is 2.51 bits per heavy atom. The maximum absolute atomic E-state index is 15.0. The molecule has 0 radical (unpaired) electrons. The number of aryl methyl sites for hydroxylation is 3. The molecule has 0 N–H and O–H groups in total. The van der Waals surface area contributed by atoms with Gasteiger partial charge in [-0.15, -0.1) is 0 Å². The first kappa shape index (κ1) is 23.1. The molecule has 0 unspecified atom stereocenters. The predicted molar refractivity (Wildman–Crippen MR) is 119 cm³/mol. The van der Waals surface area contributed by atoms with Crippen molar-refractivity contribution < 1.29 is 22.3 Å². The summed E-state index contributed by atoms with van der Waals surface area (Å²) >= 11 is 0. The third kappa shape index (κ3) is 4.41. The van der Waals surface area contributed by atoms with Crippen LogP contribution in [0.25, 0.3) is 22.4 Å². The van der Waals surface area contributed by atoms with Crippen LogP contribution in [0.1, 0.15) is 28.6 Å². The lowest BCUT2D eigenvalue weighted by Crippen LogP contribution is -2.39. The minimum Gasteiger partial charge on any atom is -0.370 e. The molecule has 12 heteroatoms. The van der Waals surface area contributed by atoms with Crippen LogP contribution < -0.4 is 4.90 Å². The van der Waals surface area contributed by atoms with E-state index in [4.69, 9.17) is 4.74 Å². The van der Waals surface area contributed by atoms with Crippen LogP contribution in [0.5, 0.6) is 0 Å². The van der Waals surface area contributed by atoms with Crippen molar-refractivity contribution in [2.75, 3.05) is 24.6 Å². The number of alkyl halides is 3. The molecule has 182 valence electrons. The van der Waals surface area contributed by atoms with Crippen molar-refractivity contribution >= 4 is 17.1 Å². The number of ether oxygens (including phenoxy) is 1. The average molecular weight is 487 g/mol. The van der Waals surface area contributed by atoms with Crippen LogP contribution in [0.15, 0.2) is 30.6 Å². The van der Waals surface area contributed by atoms with Crippen LogP contribution >= 0.6 is 0 Å². The number of nitrogens with zero attached hydrogens (tertiary/aromatic N) is 7. The minimum absolute atomic E-state index is 0.0799. The number of anilines is 1. The van der Waals surface area contributed by atoms with E-state index in [1.807, 2.05) is 18.1 Å². The van der Waals surface area contributed by atoms with Crippen molar-refractivity contribution in [2.24, 2.45) is 7.05 Å². The van der Waals surface area contributed by atoms with Crippen LogP contribution in [0.3, 0.4) is 0 Å². The number of rotatable bonds is 3. The summed E-state index contributed by atoms with van der Waals surface area (Å²) in [5.74, 6) is -0.789. The molecule has 0 bridgehead atoms. The number of hydrogen-bond donors (Lipinski definition) is 0. The van der Waals surface area contributed by atoms with Crippen LogP contribution in [0.2, 0.25) is 0 Å². The smallest absolute Gasteiger partial charge is 0.370 e. The molecule has 1 aromatic carbocycles. The number of benzene rings is 1. The van der Waals surface area contributed by atoms with E-state index >= 15 is 0 Å². The van der Waals surface area contributed by atoms with Crippen molar-refractivity contribution in [1.82, 2.24) is 29.7 Å². The molecule has 5 rings (SSSR count). The van der Waals surface area contributed by atoms with E-state index < -0.39 is 17.6 Å². The largest absolute Gasteiger partial charge is 0.416 e. The van der Waals surface area contributed by atoms with Gasteiger partial charge in [0.15, 0.2) is 5.65 Å². The highest BCUT2D eigenvalue weighted by atomic mass is 19.4. The molecule has 3 aromatic heterocycles. The van der Waals surface area contributed by atoms with Gasteiger partial charge in [0, 0.05) is 30.9 Å². The highest BCUT2D eigenvalue weighted by molar-refractivity contribution is 5.88. The van der Waals surface area contributed by atoms with Crippen molar-refractivity contribution in [3.8, 4) is 11.3 Å². The van der Waals surface area contributed by atoms with Crippen molar-refractivity contribution in [3.63, 3.8) is 0 Å². The van der Waals surface area contributed by atoms with Crippen LogP contribution in [-0.4, -0.2) is 49.4 Å². The fourth-order valence-electron chi connectivity index (χ4n) is 3.95. The van der Waals surface area contributed by atoms with Gasteiger partial charge in [-0.25, -0.2) is 19.3 Å². The van der Waals surface area contributed by atoms with E-state index in [1.165, 1.54) is 0 Å². The number of halogens is 4. The monoisotopic (exact) mass is 487 g/mol. The summed E-state index contributed by atoms with van der Waals surface area (Å²) in [5, 5.41) is 4.18. The molecule has 35 heavy (non-hydrogen) atoms. The molecule has 1 aliphatic heterocycles. The van der Waals surface area contributed by atoms with E-state index in [1.54, 1.807) is 24.7 Å². The first-order chi connectivity index (χ1) is 16.6. The summed E-state index contributed by atoms with van der Waals surface area (Å²) in [6.07, 6.45) is -1.37. The molecule has 1 fully saturated rings. The van der Waals surface area contributed by atoms with E-state index in [-0.39, 0.29) is 34.5 Å². The number of hydrogen-bond acceptors (Lipinski definition) is 7. The topological polar surface area (TPSA) is 81.9 Å². The zero-order chi connectivity index (χ0) is 24.9. The van der Waals surface area contributed by atoms with Gasteiger partial charge in [0.1, 0.15) is 23.1 Å². The Morgan fingerprint density at radius 1 is 1.06 bits per heavy atom. The molecule has 1 aliphatic rings. The van der Waals surface area contributed by atoms with E-state index in [0.29, 0.717) is 37.2 Å². The highest BCUT2D eigenvalue weighted by Gasteiger charge is 2.32. The molecule has 4 heterocycles. The van der Waals surface area contributed by atoms with Crippen molar-refractivity contribution in [3.05, 3.63) is 58.9 Å². The van der Waals surface area contributed by atoms with Crippen LogP contribution in [0, 0.1) is 19.7 Å². The first-order valence-corrected chi connectivity index (χ1v) is 10.9. The zero-order valence-electron chi connectivity index (χ0n) is 19.1. The third-order valence-corrected chi connectivity index (χ3v) is 5.93. The lowest BCUT2D eigenvalue weighted by atomic mass is 10.1. The molecule has 0 aliphatic carbocycles. The Hall–Kier alpha value is -3.67. The van der Waals surface area contributed by atoms with Gasteiger partial charge >= 0.3 is 6.18 Å². The summed E-state index contributed by atoms with van der Waals surface area (Å²) in [7, 11) is 1.81. The van der Waals surface area contributed by atoms with Gasteiger partial charge in [-0.3, -0.25) is 4.68 Å². The summed E-state index contributed by atoms with van der Waals surface area (Å²) in [6, 6.07) is 2.36. The Balaban J connectivity index is 1.62. The molecular weight excluding hydrogens is 466 g/mol. The standard InChI is InChI=1S/C23H21F4N7O/c1-12-13(2)30-21-20(29-12)19(16-5-4-15(8-17(16)24)23(25,26)27)31-22(32-21)34-6-7-35-18(11-34)14-9-28-33(3)10-14/h4-5,8-10,18H,6-7,11H2,1-3H3/t18-/m0/s1. The summed E-state index contributed by atoms with van der Waals surface area (Å²) in [5.41, 5.74) is 1.45. The Morgan fingerprint density at radius 2 is 1.83 bits per heavy atom. The van der Waals surface area contributed by atoms with Gasteiger partial charge in [-0.2, -0.15) is 23.3 Å². The van der Waals surface area contributed by atoms with Gasteiger partial charge < -0.3 is 9.64 Å². The molecule has 0 amide bonds. The minimum atomic E-state index is -4.67. The van der Waals surface area contributed by atoms with Gasteiger partial charge in [-0.1, -0.05) is 0 Å². The molecule has 4 aromatic rings. The van der Waals surface area contributed by atoms with Gasteiger partial charge in [0.2, 0.25) is 5.95 Å². The third-order valence-electron chi connectivity index (χ3n) is 5.93. The first-order valence-electron chi connectivity index (χ1n) is 10.9. The number of aromatic nitrogens is 6. The second-order valence-corrected chi connectivity index (χ2v) is 8.38. The van der Waals surface area contributed by atoms with Crippen molar-refractivity contribution in [2.45, 2.75) is 26.1 Å². The van der Waals surface area contributed by atoms with Crippen LogP contribution in [-0.2, 0) is 18.0 Å².